The van der Waals surface area contributed by atoms with Gasteiger partial charge in [0.2, 0.25) is 0 Å². The molecule has 0 aliphatic rings. The SMILES string of the molecule is COCC(NC(=O)c1oc2ccccc2c1C)C(=O)O. The molecular weight excluding hydrogens is 262 g/mol. The Hall–Kier alpha value is -2.34. The van der Waals surface area contributed by atoms with Gasteiger partial charge in [-0.3, -0.25) is 4.79 Å². The molecule has 1 amide bonds. The van der Waals surface area contributed by atoms with Crippen molar-refractivity contribution in [2.24, 2.45) is 0 Å². The quantitative estimate of drug-likeness (QED) is 0.866. The van der Waals surface area contributed by atoms with Crippen LogP contribution in [0.15, 0.2) is 28.7 Å². The number of aryl methyl sites for hydroxylation is 1. The van der Waals surface area contributed by atoms with Gasteiger partial charge in [0.1, 0.15) is 5.58 Å². The maximum Gasteiger partial charge on any atom is 0.328 e. The summed E-state index contributed by atoms with van der Waals surface area (Å²) >= 11 is 0. The van der Waals surface area contributed by atoms with Gasteiger partial charge >= 0.3 is 5.97 Å². The molecule has 0 bridgehead atoms. The molecule has 0 saturated carbocycles. The molecule has 1 heterocycles. The van der Waals surface area contributed by atoms with Gasteiger partial charge in [-0.15, -0.1) is 0 Å². The molecule has 0 spiro atoms. The third kappa shape index (κ3) is 2.65. The highest BCUT2D eigenvalue weighted by Gasteiger charge is 2.24. The number of nitrogens with one attached hydrogen (secondary N) is 1. The van der Waals surface area contributed by atoms with E-state index in [0.717, 1.165) is 5.39 Å². The Bertz CT molecular complexity index is 646. The predicted molar refractivity (Wildman–Crippen MR) is 71.7 cm³/mol. The summed E-state index contributed by atoms with van der Waals surface area (Å²) in [6.07, 6.45) is 0. The second-order valence-corrected chi connectivity index (χ2v) is 4.37. The normalized spacial score (nSPS) is 12.3. The van der Waals surface area contributed by atoms with Crippen LogP contribution < -0.4 is 5.32 Å². The Morgan fingerprint density at radius 2 is 2.10 bits per heavy atom. The first-order chi connectivity index (χ1) is 9.54. The number of ether oxygens (including phenoxy) is 1. The molecule has 1 aromatic carbocycles. The number of hydrogen-bond acceptors (Lipinski definition) is 4. The van der Waals surface area contributed by atoms with E-state index in [1.165, 1.54) is 7.11 Å². The summed E-state index contributed by atoms with van der Waals surface area (Å²) in [5.41, 5.74) is 1.27. The van der Waals surface area contributed by atoms with Gasteiger partial charge in [-0.1, -0.05) is 18.2 Å². The van der Waals surface area contributed by atoms with Crippen molar-refractivity contribution in [2.45, 2.75) is 13.0 Å². The Kier molecular flexibility index (Phi) is 4.05. The summed E-state index contributed by atoms with van der Waals surface area (Å²) in [4.78, 5) is 23.1. The van der Waals surface area contributed by atoms with E-state index in [0.29, 0.717) is 11.1 Å². The van der Waals surface area contributed by atoms with E-state index in [-0.39, 0.29) is 12.4 Å². The van der Waals surface area contributed by atoms with Gasteiger partial charge in [0, 0.05) is 18.1 Å². The number of carbonyl (C=O) groups excluding carboxylic acids is 1. The minimum atomic E-state index is -1.16. The molecule has 0 fully saturated rings. The van der Waals surface area contributed by atoms with Crippen molar-refractivity contribution in [1.29, 1.82) is 0 Å². The number of carbonyl (C=O) groups is 2. The molecule has 106 valence electrons. The van der Waals surface area contributed by atoms with Crippen molar-refractivity contribution >= 4 is 22.8 Å². The molecule has 2 N–H and O–H groups in total. The van der Waals surface area contributed by atoms with Crippen molar-refractivity contribution in [3.8, 4) is 0 Å². The van der Waals surface area contributed by atoms with E-state index >= 15 is 0 Å². The van der Waals surface area contributed by atoms with Crippen LogP contribution in [0, 0.1) is 6.92 Å². The van der Waals surface area contributed by atoms with Crippen molar-refractivity contribution in [3.05, 3.63) is 35.6 Å². The first-order valence-electron chi connectivity index (χ1n) is 6.05. The Balaban J connectivity index is 2.27. The van der Waals surface area contributed by atoms with Crippen molar-refractivity contribution in [1.82, 2.24) is 5.32 Å². The standard InChI is InChI=1S/C14H15NO5/c1-8-9-5-3-4-6-11(9)20-12(8)13(16)15-10(7-19-2)14(17)18/h3-6,10H,7H2,1-2H3,(H,15,16)(H,17,18). The van der Waals surface area contributed by atoms with Crippen LogP contribution in [0.25, 0.3) is 11.0 Å². The number of furan rings is 1. The lowest BCUT2D eigenvalue weighted by Gasteiger charge is -2.12. The monoisotopic (exact) mass is 277 g/mol. The summed E-state index contributed by atoms with van der Waals surface area (Å²) in [7, 11) is 1.37. The van der Waals surface area contributed by atoms with E-state index in [2.05, 4.69) is 5.32 Å². The molecular formula is C14H15NO5. The number of benzene rings is 1. The van der Waals surface area contributed by atoms with Crippen LogP contribution in [0.2, 0.25) is 0 Å². The van der Waals surface area contributed by atoms with Crippen LogP contribution in [-0.4, -0.2) is 36.7 Å². The summed E-state index contributed by atoms with van der Waals surface area (Å²) in [5, 5.41) is 12.2. The Morgan fingerprint density at radius 1 is 1.40 bits per heavy atom. The summed E-state index contributed by atoms with van der Waals surface area (Å²) in [6.45, 7) is 1.65. The van der Waals surface area contributed by atoms with Gasteiger partial charge in [0.25, 0.3) is 5.91 Å². The Morgan fingerprint density at radius 3 is 2.70 bits per heavy atom. The van der Waals surface area contributed by atoms with Crippen molar-refractivity contribution in [3.63, 3.8) is 0 Å². The lowest BCUT2D eigenvalue weighted by Crippen LogP contribution is -2.43. The highest BCUT2D eigenvalue weighted by atomic mass is 16.5. The molecule has 6 heteroatoms. The number of carboxylic acid groups (broad SMARTS) is 1. The van der Waals surface area contributed by atoms with Gasteiger partial charge in [-0.25, -0.2) is 4.79 Å². The minimum Gasteiger partial charge on any atom is -0.480 e. The van der Waals surface area contributed by atoms with Gasteiger partial charge < -0.3 is 19.6 Å². The molecule has 2 rings (SSSR count). The molecule has 20 heavy (non-hydrogen) atoms. The predicted octanol–water partition coefficient (Wildman–Crippen LogP) is 1.57. The second-order valence-electron chi connectivity index (χ2n) is 4.37. The maximum atomic E-state index is 12.1. The number of carboxylic acids is 1. The molecule has 0 aliphatic carbocycles. The van der Waals surface area contributed by atoms with E-state index < -0.39 is 17.9 Å². The lowest BCUT2D eigenvalue weighted by molar-refractivity contribution is -0.140. The molecule has 1 unspecified atom stereocenters. The fourth-order valence-electron chi connectivity index (χ4n) is 1.96. The van der Waals surface area contributed by atoms with Crippen LogP contribution in [-0.2, 0) is 9.53 Å². The first-order valence-corrected chi connectivity index (χ1v) is 6.05. The third-order valence-electron chi connectivity index (χ3n) is 2.99. The topological polar surface area (TPSA) is 88.8 Å². The molecule has 0 aliphatic heterocycles. The number of hydrogen-bond donors (Lipinski definition) is 2. The largest absolute Gasteiger partial charge is 0.480 e. The van der Waals surface area contributed by atoms with Crippen LogP contribution in [0.3, 0.4) is 0 Å². The van der Waals surface area contributed by atoms with Gasteiger partial charge in [-0.05, 0) is 13.0 Å². The van der Waals surface area contributed by atoms with Gasteiger partial charge in [-0.2, -0.15) is 0 Å². The number of aliphatic carboxylic acids is 1. The van der Waals surface area contributed by atoms with Gasteiger partial charge in [0.05, 0.1) is 6.61 Å². The highest BCUT2D eigenvalue weighted by Crippen LogP contribution is 2.24. The molecule has 1 aromatic heterocycles. The van der Waals surface area contributed by atoms with Crippen LogP contribution in [0.4, 0.5) is 0 Å². The average Bonchev–Trinajstić information content (AvgIpc) is 2.76. The number of amides is 1. The highest BCUT2D eigenvalue weighted by molar-refractivity contribution is 6.00. The van der Waals surface area contributed by atoms with Crippen LogP contribution in [0.5, 0.6) is 0 Å². The van der Waals surface area contributed by atoms with E-state index in [1.54, 1.807) is 19.1 Å². The molecule has 2 aromatic rings. The molecule has 0 radical (unpaired) electrons. The van der Waals surface area contributed by atoms with Crippen molar-refractivity contribution in [2.75, 3.05) is 13.7 Å². The fraction of sp³-hybridized carbons (Fsp3) is 0.286. The van der Waals surface area contributed by atoms with Gasteiger partial charge in [0.15, 0.2) is 11.8 Å². The van der Waals surface area contributed by atoms with E-state index in [4.69, 9.17) is 14.3 Å². The number of fused-ring (bicyclic) bond motifs is 1. The number of rotatable bonds is 5. The van der Waals surface area contributed by atoms with Crippen LogP contribution in [0.1, 0.15) is 16.1 Å². The zero-order valence-electron chi connectivity index (χ0n) is 11.2. The summed E-state index contributed by atoms with van der Waals surface area (Å²) < 4.78 is 10.2. The fourth-order valence-corrected chi connectivity index (χ4v) is 1.96. The first kappa shape index (κ1) is 14.1. The number of methoxy groups -OCH3 is 1. The van der Waals surface area contributed by atoms with E-state index in [9.17, 15) is 9.59 Å². The van der Waals surface area contributed by atoms with E-state index in [1.807, 2.05) is 12.1 Å². The van der Waals surface area contributed by atoms with Crippen LogP contribution >= 0.6 is 0 Å². The zero-order valence-corrected chi connectivity index (χ0v) is 11.2. The molecule has 6 nitrogen and oxygen atoms in total. The minimum absolute atomic E-state index is 0.111. The summed E-state index contributed by atoms with van der Waals surface area (Å²) in [6, 6.07) is 6.13. The average molecular weight is 277 g/mol. The third-order valence-corrected chi connectivity index (χ3v) is 2.99. The molecule has 0 saturated heterocycles. The smallest absolute Gasteiger partial charge is 0.328 e. The Labute approximate surface area is 115 Å². The maximum absolute atomic E-state index is 12.1. The second kappa shape index (κ2) is 5.75. The summed E-state index contributed by atoms with van der Waals surface area (Å²) in [5.74, 6) is -1.61. The van der Waals surface area contributed by atoms with Crippen molar-refractivity contribution < 1.29 is 23.8 Å². The molecule has 1 atom stereocenters. The lowest BCUT2D eigenvalue weighted by atomic mass is 10.1. The number of para-hydroxylation sites is 1. The zero-order chi connectivity index (χ0) is 14.7.